The lowest BCUT2D eigenvalue weighted by Crippen LogP contribution is -2.32. The molecular formula is C21H22N4O5. The molecule has 156 valence electrons. The van der Waals surface area contributed by atoms with Crippen molar-refractivity contribution in [1.82, 2.24) is 19.4 Å². The van der Waals surface area contributed by atoms with Crippen molar-refractivity contribution in [3.63, 3.8) is 0 Å². The van der Waals surface area contributed by atoms with Crippen LogP contribution in [0.3, 0.4) is 0 Å². The third-order valence-electron chi connectivity index (χ3n) is 5.01. The lowest BCUT2D eigenvalue weighted by Gasteiger charge is -2.21. The lowest BCUT2D eigenvalue weighted by molar-refractivity contribution is 0.0752. The summed E-state index contributed by atoms with van der Waals surface area (Å²) in [7, 11) is 0. The average Bonchev–Trinajstić information content (AvgIpc) is 3.22. The first-order valence-electron chi connectivity index (χ1n) is 9.82. The fraction of sp³-hybridized carbons (Fsp3) is 0.333. The van der Waals surface area contributed by atoms with Gasteiger partial charge in [0, 0.05) is 25.8 Å². The first-order chi connectivity index (χ1) is 14.5. The summed E-state index contributed by atoms with van der Waals surface area (Å²) in [6, 6.07) is 7.05. The van der Waals surface area contributed by atoms with E-state index in [1.54, 1.807) is 4.90 Å². The van der Waals surface area contributed by atoms with Crippen LogP contribution in [0.2, 0.25) is 0 Å². The fourth-order valence-corrected chi connectivity index (χ4v) is 3.49. The number of rotatable bonds is 6. The second-order valence-corrected chi connectivity index (χ2v) is 7.01. The molecule has 0 saturated heterocycles. The first-order valence-corrected chi connectivity index (χ1v) is 9.82. The predicted molar refractivity (Wildman–Crippen MR) is 110 cm³/mol. The molecule has 9 heteroatoms. The Hall–Kier alpha value is -3.62. The number of nitrogens with one attached hydrogen (secondary N) is 1. The molecule has 30 heavy (non-hydrogen) atoms. The number of aromatic amines is 1. The van der Waals surface area contributed by atoms with E-state index in [1.807, 2.05) is 32.0 Å². The van der Waals surface area contributed by atoms with Crippen molar-refractivity contribution >= 4 is 16.9 Å². The number of hydrogen-bond acceptors (Lipinski definition) is 6. The van der Waals surface area contributed by atoms with Crippen LogP contribution in [-0.2, 0) is 13.1 Å². The largest absolute Gasteiger partial charge is 0.454 e. The van der Waals surface area contributed by atoms with E-state index in [4.69, 9.17) is 9.47 Å². The molecule has 0 fully saturated rings. The van der Waals surface area contributed by atoms with Gasteiger partial charge in [-0.3, -0.25) is 19.1 Å². The van der Waals surface area contributed by atoms with Crippen molar-refractivity contribution in [2.45, 2.75) is 33.4 Å². The van der Waals surface area contributed by atoms with E-state index in [0.717, 1.165) is 5.56 Å². The van der Waals surface area contributed by atoms with Crippen LogP contribution in [0.5, 0.6) is 11.5 Å². The van der Waals surface area contributed by atoms with Gasteiger partial charge in [-0.2, -0.15) is 0 Å². The molecule has 3 heterocycles. The number of ether oxygens (including phenoxy) is 2. The molecule has 1 aromatic carbocycles. The number of hydrogen-bond donors (Lipinski definition) is 1. The van der Waals surface area contributed by atoms with E-state index in [0.29, 0.717) is 37.6 Å². The summed E-state index contributed by atoms with van der Waals surface area (Å²) in [5.74, 6) is 1.09. The van der Waals surface area contributed by atoms with Gasteiger partial charge in [-0.05, 0) is 37.1 Å². The van der Waals surface area contributed by atoms with Gasteiger partial charge in [0.25, 0.3) is 11.5 Å². The topological polar surface area (TPSA) is 107 Å². The third-order valence-corrected chi connectivity index (χ3v) is 5.01. The van der Waals surface area contributed by atoms with Gasteiger partial charge in [-0.15, -0.1) is 0 Å². The highest BCUT2D eigenvalue weighted by Crippen LogP contribution is 2.32. The molecule has 2 aromatic heterocycles. The Labute approximate surface area is 171 Å². The highest BCUT2D eigenvalue weighted by molar-refractivity contribution is 5.96. The molecule has 1 aliphatic rings. The van der Waals surface area contributed by atoms with Crippen molar-refractivity contribution in [2.24, 2.45) is 0 Å². The molecule has 3 aromatic rings. The summed E-state index contributed by atoms with van der Waals surface area (Å²) in [6.07, 6.45) is 2.13. The lowest BCUT2D eigenvalue weighted by atomic mass is 10.1. The van der Waals surface area contributed by atoms with Crippen molar-refractivity contribution in [3.8, 4) is 11.5 Å². The molecule has 1 aliphatic heterocycles. The second-order valence-electron chi connectivity index (χ2n) is 7.01. The van der Waals surface area contributed by atoms with E-state index < -0.39 is 11.2 Å². The van der Waals surface area contributed by atoms with Crippen LogP contribution in [-0.4, -0.2) is 38.7 Å². The molecule has 0 saturated carbocycles. The fourth-order valence-electron chi connectivity index (χ4n) is 3.49. The minimum Gasteiger partial charge on any atom is -0.454 e. The predicted octanol–water partition coefficient (Wildman–Crippen LogP) is 1.89. The summed E-state index contributed by atoms with van der Waals surface area (Å²) < 4.78 is 12.1. The quantitative estimate of drug-likeness (QED) is 0.665. The number of aromatic nitrogens is 3. The molecule has 0 spiro atoms. The van der Waals surface area contributed by atoms with Crippen molar-refractivity contribution < 1.29 is 14.3 Å². The number of carbonyl (C=O) groups is 1. The zero-order chi connectivity index (χ0) is 21.3. The maximum atomic E-state index is 13.1. The Morgan fingerprint density at radius 3 is 2.77 bits per heavy atom. The number of aryl methyl sites for hydroxylation is 1. The van der Waals surface area contributed by atoms with Gasteiger partial charge in [-0.1, -0.05) is 13.0 Å². The van der Waals surface area contributed by atoms with E-state index >= 15 is 0 Å². The third kappa shape index (κ3) is 3.54. The maximum Gasteiger partial charge on any atom is 0.329 e. The molecule has 0 unspecified atom stereocenters. The van der Waals surface area contributed by atoms with E-state index in [1.165, 1.54) is 16.8 Å². The highest BCUT2D eigenvalue weighted by atomic mass is 16.7. The Balaban J connectivity index is 1.65. The molecule has 9 nitrogen and oxygen atoms in total. The first kappa shape index (κ1) is 19.7. The Morgan fingerprint density at radius 1 is 1.20 bits per heavy atom. The van der Waals surface area contributed by atoms with Crippen LogP contribution >= 0.6 is 0 Å². The molecular weight excluding hydrogens is 388 g/mol. The highest BCUT2D eigenvalue weighted by Gasteiger charge is 2.19. The number of carbonyl (C=O) groups excluding carboxylic acids is 1. The summed E-state index contributed by atoms with van der Waals surface area (Å²) in [5, 5.41) is 0.216. The zero-order valence-corrected chi connectivity index (χ0v) is 16.8. The second kappa shape index (κ2) is 8.02. The minimum atomic E-state index is -0.552. The smallest absolute Gasteiger partial charge is 0.329 e. The number of amides is 1. The normalized spacial score (nSPS) is 12.3. The molecule has 1 N–H and O–H groups in total. The van der Waals surface area contributed by atoms with Crippen molar-refractivity contribution in [1.29, 1.82) is 0 Å². The Morgan fingerprint density at radius 2 is 2.00 bits per heavy atom. The summed E-state index contributed by atoms with van der Waals surface area (Å²) in [4.78, 5) is 45.7. The standard InChI is InChI=1S/C21H22N4O5/c1-3-7-25-18-15(19(26)23-21(25)28)9-14(10-22-18)20(27)24(4-2)11-13-5-6-16-17(8-13)30-12-29-16/h5-6,8-10H,3-4,7,11-12H2,1-2H3,(H,23,26,28). The zero-order valence-electron chi connectivity index (χ0n) is 16.8. The average molecular weight is 410 g/mol. The van der Waals surface area contributed by atoms with Crippen LogP contribution in [0.15, 0.2) is 40.1 Å². The van der Waals surface area contributed by atoms with Gasteiger partial charge < -0.3 is 14.4 Å². The van der Waals surface area contributed by atoms with Gasteiger partial charge in [0.15, 0.2) is 11.5 Å². The number of fused-ring (bicyclic) bond motifs is 2. The summed E-state index contributed by atoms with van der Waals surface area (Å²) in [6.45, 7) is 5.27. The number of nitrogens with zero attached hydrogens (tertiary/aromatic N) is 3. The van der Waals surface area contributed by atoms with Crippen LogP contribution in [0.1, 0.15) is 36.2 Å². The molecule has 0 radical (unpaired) electrons. The monoisotopic (exact) mass is 410 g/mol. The SMILES string of the molecule is CCCn1c(=O)[nH]c(=O)c2cc(C(=O)N(CC)Cc3ccc4c(c3)OCO4)cnc21. The van der Waals surface area contributed by atoms with Crippen LogP contribution < -0.4 is 20.7 Å². The number of benzene rings is 1. The maximum absolute atomic E-state index is 13.1. The van der Waals surface area contributed by atoms with Crippen molar-refractivity contribution in [2.75, 3.05) is 13.3 Å². The molecule has 0 aliphatic carbocycles. The molecule has 4 rings (SSSR count). The molecule has 1 amide bonds. The van der Waals surface area contributed by atoms with Crippen LogP contribution in [0.4, 0.5) is 0 Å². The van der Waals surface area contributed by atoms with Crippen LogP contribution in [0, 0.1) is 0 Å². The van der Waals surface area contributed by atoms with Crippen molar-refractivity contribution in [3.05, 3.63) is 62.4 Å². The number of H-pyrrole nitrogens is 1. The minimum absolute atomic E-state index is 0.190. The van der Waals surface area contributed by atoms with E-state index in [2.05, 4.69) is 9.97 Å². The number of pyridine rings is 1. The molecule has 0 bridgehead atoms. The van der Waals surface area contributed by atoms with Crippen LogP contribution in [0.25, 0.3) is 11.0 Å². The van der Waals surface area contributed by atoms with Gasteiger partial charge in [0.1, 0.15) is 5.65 Å². The van der Waals surface area contributed by atoms with E-state index in [9.17, 15) is 14.4 Å². The summed E-state index contributed by atoms with van der Waals surface area (Å²) in [5.41, 5.74) is 0.415. The van der Waals surface area contributed by atoms with Gasteiger partial charge in [0.05, 0.1) is 10.9 Å². The van der Waals surface area contributed by atoms with Gasteiger partial charge in [-0.25, -0.2) is 9.78 Å². The Bertz CT molecular complexity index is 1230. The van der Waals surface area contributed by atoms with E-state index in [-0.39, 0.29) is 29.3 Å². The van der Waals surface area contributed by atoms with Gasteiger partial charge in [0.2, 0.25) is 6.79 Å². The van der Waals surface area contributed by atoms with Gasteiger partial charge >= 0.3 is 5.69 Å². The summed E-state index contributed by atoms with van der Waals surface area (Å²) >= 11 is 0. The Kier molecular flexibility index (Phi) is 5.26. The molecule has 0 atom stereocenters.